The van der Waals surface area contributed by atoms with E-state index in [9.17, 15) is 10.2 Å². The number of phenolic OH excluding ortho intramolecular Hbond substituents is 2. The fourth-order valence-electron chi connectivity index (χ4n) is 4.67. The minimum atomic E-state index is -0.833. The van der Waals surface area contributed by atoms with E-state index in [4.69, 9.17) is 41.1 Å². The van der Waals surface area contributed by atoms with Crippen molar-refractivity contribution in [3.05, 3.63) is 78.9 Å². The van der Waals surface area contributed by atoms with Crippen molar-refractivity contribution in [1.29, 1.82) is 0 Å². The maximum absolute atomic E-state index is 11.2. The molecule has 2 aromatic carbocycles. The Labute approximate surface area is 301 Å². The Kier molecular flexibility index (Phi) is 21.2. The van der Waals surface area contributed by atoms with Crippen molar-refractivity contribution in [1.82, 2.24) is 0 Å². The Morgan fingerprint density at radius 1 is 0.652 bits per heavy atom. The van der Waals surface area contributed by atoms with Crippen LogP contribution in [0, 0.1) is 24.7 Å². The molecule has 0 amide bonds. The van der Waals surface area contributed by atoms with Gasteiger partial charge in [0.05, 0.1) is 0 Å². The van der Waals surface area contributed by atoms with Crippen LogP contribution in [0.5, 0.6) is 11.5 Å². The molecule has 0 saturated carbocycles. The van der Waals surface area contributed by atoms with Crippen LogP contribution < -0.4 is 0 Å². The van der Waals surface area contributed by atoms with Gasteiger partial charge in [-0.3, -0.25) is 9.59 Å². The molecular formula is C34H52N4O6Zn2. The van der Waals surface area contributed by atoms with Crippen molar-refractivity contribution in [3.63, 3.8) is 0 Å². The van der Waals surface area contributed by atoms with Crippen LogP contribution in [0.15, 0.2) is 24.3 Å². The number of fused-ring (bicyclic) bond motifs is 4. The maximum atomic E-state index is 11.2. The molecule has 1 heterocycles. The number of benzene rings is 2. The van der Waals surface area contributed by atoms with Gasteiger partial charge < -0.3 is 41.7 Å². The smallest absolute Gasteiger partial charge is 0.658 e. The van der Waals surface area contributed by atoms with E-state index < -0.39 is 11.9 Å². The largest absolute Gasteiger partial charge is 2.00 e. The molecule has 4 N–H and O–H groups in total. The second-order valence-electron chi connectivity index (χ2n) is 13.2. The first-order chi connectivity index (χ1) is 20.2. The molecule has 10 nitrogen and oxygen atoms in total. The van der Waals surface area contributed by atoms with E-state index in [0.717, 1.165) is 47.2 Å². The molecule has 1 aliphatic rings. The van der Waals surface area contributed by atoms with E-state index in [0.29, 0.717) is 50.8 Å². The van der Waals surface area contributed by atoms with Gasteiger partial charge in [-0.15, -0.1) is 51.4 Å². The summed E-state index contributed by atoms with van der Waals surface area (Å²) in [5.74, 6) is -1.06. The van der Waals surface area contributed by atoms with Gasteiger partial charge in [-0.1, -0.05) is 87.8 Å². The van der Waals surface area contributed by atoms with Crippen molar-refractivity contribution in [2.45, 2.75) is 94.4 Å². The number of hydrogen-bond donors (Lipinski definition) is 4. The number of carbonyl (C=O) groups is 2. The second-order valence-corrected chi connectivity index (χ2v) is 13.2. The summed E-state index contributed by atoms with van der Waals surface area (Å²) in [5.41, 5.74) is 5.32. The number of aryl methyl sites for hydroxylation is 2. The van der Waals surface area contributed by atoms with Crippen molar-refractivity contribution in [3.8, 4) is 11.5 Å². The van der Waals surface area contributed by atoms with Crippen molar-refractivity contribution in [2.24, 2.45) is 10.8 Å². The van der Waals surface area contributed by atoms with Gasteiger partial charge in [0.2, 0.25) is 0 Å². The van der Waals surface area contributed by atoms with Crippen LogP contribution in [0.25, 0.3) is 21.3 Å². The third-order valence-electron chi connectivity index (χ3n) is 6.86. The van der Waals surface area contributed by atoms with Crippen molar-refractivity contribution < 1.29 is 69.0 Å². The fourth-order valence-corrected chi connectivity index (χ4v) is 4.67. The van der Waals surface area contributed by atoms with Gasteiger partial charge in [0.25, 0.3) is 11.9 Å². The summed E-state index contributed by atoms with van der Waals surface area (Å²) in [7, 11) is 0. The first-order valence-electron chi connectivity index (χ1n) is 14.9. The summed E-state index contributed by atoms with van der Waals surface area (Å²) >= 11 is 0. The van der Waals surface area contributed by atoms with E-state index in [1.165, 1.54) is 0 Å². The average molecular weight is 744 g/mol. The second kappa shape index (κ2) is 21.1. The minimum Gasteiger partial charge on any atom is -0.658 e. The van der Waals surface area contributed by atoms with Gasteiger partial charge in [0.15, 0.2) is 0 Å². The van der Waals surface area contributed by atoms with Crippen molar-refractivity contribution >= 4 is 11.9 Å². The SMILES string of the molecule is CC(=O)O.CC(=O)O.Cc1cc2c(O)c(c1)C[N-]CC(C)(C)C[N-]C(C)c1cc(C)cc(c1O)C(C)[N-]CC(C)(C)C[N-]C2.[Zn+2].[Zn+2]. The van der Waals surface area contributed by atoms with Gasteiger partial charge in [-0.2, -0.15) is 0 Å². The quantitative estimate of drug-likeness (QED) is 0.198. The Hall–Kier alpha value is -1.93. The van der Waals surface area contributed by atoms with Crippen LogP contribution in [0.4, 0.5) is 0 Å². The van der Waals surface area contributed by atoms with E-state index in [1.54, 1.807) is 0 Å². The van der Waals surface area contributed by atoms with Crippen LogP contribution in [0.3, 0.4) is 0 Å². The number of hydrogen-bond acceptors (Lipinski definition) is 4. The van der Waals surface area contributed by atoms with Crippen LogP contribution >= 0.6 is 0 Å². The van der Waals surface area contributed by atoms with Crippen molar-refractivity contribution in [2.75, 3.05) is 26.2 Å². The van der Waals surface area contributed by atoms with Gasteiger partial charge in [-0.25, -0.2) is 0 Å². The number of aromatic hydroxyl groups is 2. The molecule has 12 heteroatoms. The zero-order valence-electron chi connectivity index (χ0n) is 29.5. The average Bonchev–Trinajstić information content (AvgIpc) is 2.88. The predicted molar refractivity (Wildman–Crippen MR) is 177 cm³/mol. The number of carboxylic acids is 2. The summed E-state index contributed by atoms with van der Waals surface area (Å²) < 4.78 is 0. The summed E-state index contributed by atoms with van der Waals surface area (Å²) in [4.78, 5) is 18.0. The Morgan fingerprint density at radius 3 is 1.28 bits per heavy atom. The topological polar surface area (TPSA) is 171 Å². The third kappa shape index (κ3) is 17.3. The molecule has 248 valence electrons. The molecule has 46 heavy (non-hydrogen) atoms. The van der Waals surface area contributed by atoms with Gasteiger partial charge in [0, 0.05) is 13.8 Å². The standard InChI is InChI=1S/C30H44N4O2.2C2H4O2.2Zn/c1-19-9-23-13-31-15-29(5,6)17-33-21(3)25-11-20(2)12-26(28(25)36)22(4)34-18-30(7,8)16-32-14-24(10-19)27(23)35;2*1-2(3)4;;/h9-12,21-22,35-36H,13-18H2,1-8H3;2*1H3,(H,3,4);;/q-4;;;2*+2. The predicted octanol–water partition coefficient (Wildman–Crippen LogP) is 8.27. The Morgan fingerprint density at radius 2 is 0.957 bits per heavy atom. The zero-order chi connectivity index (χ0) is 33.8. The summed E-state index contributed by atoms with van der Waals surface area (Å²) in [6.07, 6.45) is 0. The minimum absolute atomic E-state index is 0. The molecule has 0 aliphatic carbocycles. The van der Waals surface area contributed by atoms with E-state index in [2.05, 4.69) is 34.6 Å². The van der Waals surface area contributed by atoms with Crippen LogP contribution in [0.1, 0.15) is 101 Å². The van der Waals surface area contributed by atoms with Crippen LogP contribution in [-0.4, -0.2) is 58.5 Å². The maximum Gasteiger partial charge on any atom is 2.00 e. The molecule has 2 unspecified atom stereocenters. The molecule has 2 aromatic rings. The number of phenols is 2. The first-order valence-corrected chi connectivity index (χ1v) is 14.9. The van der Waals surface area contributed by atoms with E-state index in [-0.39, 0.29) is 61.9 Å². The number of nitrogens with zero attached hydrogens (tertiary/aromatic N) is 4. The number of rotatable bonds is 0. The van der Waals surface area contributed by atoms with Gasteiger partial charge in [0.1, 0.15) is 11.5 Å². The summed E-state index contributed by atoms with van der Waals surface area (Å²) in [6, 6.07) is 7.80. The molecular weight excluding hydrogens is 691 g/mol. The molecule has 3 rings (SSSR count). The van der Waals surface area contributed by atoms with E-state index in [1.807, 2.05) is 45.0 Å². The first kappa shape index (κ1) is 46.2. The molecule has 0 aromatic heterocycles. The fraction of sp³-hybridized carbons (Fsp3) is 0.588. The molecule has 4 bridgehead atoms. The molecule has 1 aliphatic heterocycles. The third-order valence-corrected chi connectivity index (χ3v) is 6.86. The Bertz CT molecular complexity index is 1160. The molecule has 2 atom stereocenters. The van der Waals surface area contributed by atoms with E-state index >= 15 is 0 Å². The number of carboxylic acid groups (broad SMARTS) is 2. The molecule has 0 saturated heterocycles. The molecule has 0 fully saturated rings. The summed E-state index contributed by atoms with van der Waals surface area (Å²) in [5, 5.41) is 56.4. The molecule has 0 radical (unpaired) electrons. The van der Waals surface area contributed by atoms with Crippen LogP contribution in [-0.2, 0) is 61.6 Å². The zero-order valence-corrected chi connectivity index (χ0v) is 35.4. The number of aliphatic carboxylic acids is 2. The Balaban J connectivity index is 0. The summed E-state index contributed by atoms with van der Waals surface area (Å²) in [6.45, 7) is 22.4. The van der Waals surface area contributed by atoms with Crippen LogP contribution in [0.2, 0.25) is 0 Å². The van der Waals surface area contributed by atoms with Gasteiger partial charge >= 0.3 is 39.0 Å². The monoisotopic (exact) mass is 740 g/mol. The normalized spacial score (nSPS) is 19.6. The molecule has 0 spiro atoms. The van der Waals surface area contributed by atoms with Gasteiger partial charge in [-0.05, 0) is 36.1 Å².